The summed E-state index contributed by atoms with van der Waals surface area (Å²) >= 11 is 0. The molecule has 7 rings (SSSR count). The van der Waals surface area contributed by atoms with Crippen LogP contribution >= 0.6 is 0 Å². The molecule has 4 aromatic rings. The Hall–Kier alpha value is -4.87. The van der Waals surface area contributed by atoms with E-state index in [0.29, 0.717) is 37.2 Å². The number of halogens is 3. The van der Waals surface area contributed by atoms with Gasteiger partial charge in [-0.05, 0) is 69.2 Å². The summed E-state index contributed by atoms with van der Waals surface area (Å²) in [6.45, 7) is 3.73. The van der Waals surface area contributed by atoms with Crippen LogP contribution in [0.5, 0.6) is 11.8 Å². The van der Waals surface area contributed by atoms with Gasteiger partial charge >= 0.3 is 12.1 Å². The summed E-state index contributed by atoms with van der Waals surface area (Å²) in [5.41, 5.74) is -0.707. The number of ether oxygens (including phenoxy) is 4. The number of terminal acetylenes is 1. The minimum absolute atomic E-state index is 0.0627. The number of carbonyl (C=O) groups is 1. The first kappa shape index (κ1) is 34.6. The molecule has 2 aromatic carbocycles. The number of pyridine rings is 1. The molecule has 51 heavy (non-hydrogen) atoms. The van der Waals surface area contributed by atoms with Crippen molar-refractivity contribution >= 4 is 33.6 Å². The number of benzene rings is 2. The van der Waals surface area contributed by atoms with E-state index < -0.39 is 29.4 Å². The second kappa shape index (κ2) is 14.4. The highest BCUT2D eigenvalue weighted by molar-refractivity contribution is 6.03. The smallest absolute Gasteiger partial charge is 0.428 e. The number of fused-ring (bicyclic) bond motifs is 3. The maximum atomic E-state index is 17.2. The van der Waals surface area contributed by atoms with Gasteiger partial charge in [-0.15, -0.1) is 6.42 Å². The van der Waals surface area contributed by atoms with Crippen LogP contribution in [-0.4, -0.2) is 96.0 Å². The van der Waals surface area contributed by atoms with Gasteiger partial charge in [0.2, 0.25) is 0 Å². The van der Waals surface area contributed by atoms with Gasteiger partial charge in [-0.25, -0.2) is 23.0 Å². The lowest BCUT2D eigenvalue weighted by Gasteiger charge is -2.34. The Morgan fingerprint density at radius 3 is 2.75 bits per heavy atom. The Kier molecular flexibility index (Phi) is 9.76. The van der Waals surface area contributed by atoms with Crippen LogP contribution in [0.3, 0.4) is 0 Å². The molecule has 268 valence electrons. The topological polar surface area (TPSA) is 102 Å². The minimum Gasteiger partial charge on any atom is -0.468 e. The number of hydrogen-bond acceptors (Lipinski definition) is 10. The maximum Gasteiger partial charge on any atom is 0.428 e. The van der Waals surface area contributed by atoms with Crippen LogP contribution in [0.2, 0.25) is 0 Å². The Balaban J connectivity index is 1.41. The van der Waals surface area contributed by atoms with Gasteiger partial charge in [-0.2, -0.15) is 9.97 Å². The summed E-state index contributed by atoms with van der Waals surface area (Å²) in [5.74, 6) is 1.43. The molecule has 0 unspecified atom stereocenters. The van der Waals surface area contributed by atoms with E-state index in [1.165, 1.54) is 36.5 Å². The fraction of sp³-hybridized carbons (Fsp3) is 0.459. The molecule has 1 amide bonds. The number of anilines is 1. The summed E-state index contributed by atoms with van der Waals surface area (Å²) in [6, 6.07) is 5.81. The molecule has 0 bridgehead atoms. The molecule has 0 aliphatic carbocycles. The highest BCUT2D eigenvalue weighted by atomic mass is 19.1. The normalized spacial score (nSPS) is 20.7. The van der Waals surface area contributed by atoms with Crippen molar-refractivity contribution in [2.75, 3.05) is 58.3 Å². The van der Waals surface area contributed by atoms with E-state index in [2.05, 4.69) is 20.8 Å². The standard InChI is InChI=1S/C37H39F3N6O5/c1-4-26-29(39)11-10-23-16-25(51-22-48-3)17-27(30(23)26)32-31(40)33-28(19-41-32)34(45-14-7-6-8-15-46(45)36(47)49-5-2)43-35(42-33)50-21-37-12-9-13-44(37)20-24(38)18-37/h1,10-11,16-17,19,24H,5-9,12-15,18,20-22H2,2-3H3/t24-,37+/m1/s1. The fourth-order valence-corrected chi connectivity index (χ4v) is 7.62. The van der Waals surface area contributed by atoms with Gasteiger partial charge < -0.3 is 18.9 Å². The van der Waals surface area contributed by atoms with Crippen molar-refractivity contribution in [3.8, 4) is 35.4 Å². The van der Waals surface area contributed by atoms with Crippen molar-refractivity contribution in [1.29, 1.82) is 0 Å². The molecule has 0 radical (unpaired) electrons. The maximum absolute atomic E-state index is 17.2. The Bertz CT molecular complexity index is 2010. The molecule has 0 N–H and O–H groups in total. The number of rotatable bonds is 9. The highest BCUT2D eigenvalue weighted by Gasteiger charge is 2.49. The average Bonchev–Trinajstić information content (AvgIpc) is 3.53. The van der Waals surface area contributed by atoms with Gasteiger partial charge in [0.1, 0.15) is 35.6 Å². The van der Waals surface area contributed by atoms with Gasteiger partial charge in [-0.3, -0.25) is 14.9 Å². The number of amides is 1. The first-order chi connectivity index (χ1) is 24.8. The number of hydrogen-bond donors (Lipinski definition) is 0. The summed E-state index contributed by atoms with van der Waals surface area (Å²) in [4.78, 5) is 29.2. The third kappa shape index (κ3) is 6.45. The lowest BCUT2D eigenvalue weighted by Crippen LogP contribution is -2.47. The van der Waals surface area contributed by atoms with Crippen LogP contribution < -0.4 is 14.5 Å². The Labute approximate surface area is 293 Å². The zero-order chi connectivity index (χ0) is 35.7. The number of alkyl halides is 1. The Morgan fingerprint density at radius 2 is 1.94 bits per heavy atom. The van der Waals surface area contributed by atoms with Gasteiger partial charge in [0.25, 0.3) is 0 Å². The average molecular weight is 705 g/mol. The SMILES string of the molecule is C#Cc1c(F)ccc2cc(OCOC)cc(-c3ncc4c(N5CCCCCN5C(=O)OCC)nc(OC[C@@]56CCCN5C[C@H](F)C6)nc4c3F)c12. The van der Waals surface area contributed by atoms with E-state index in [1.54, 1.807) is 18.0 Å². The van der Waals surface area contributed by atoms with E-state index in [1.807, 2.05) is 0 Å². The summed E-state index contributed by atoms with van der Waals surface area (Å²) in [5, 5.41) is 4.10. The van der Waals surface area contributed by atoms with Gasteiger partial charge in [0.05, 0.1) is 23.1 Å². The molecule has 3 fully saturated rings. The molecule has 2 aromatic heterocycles. The van der Waals surface area contributed by atoms with Crippen LogP contribution in [0.4, 0.5) is 23.8 Å². The van der Waals surface area contributed by atoms with Gasteiger partial charge in [0.15, 0.2) is 18.4 Å². The molecule has 2 atom stereocenters. The quantitative estimate of drug-likeness (QED) is 0.144. The van der Waals surface area contributed by atoms with E-state index >= 15 is 8.78 Å². The van der Waals surface area contributed by atoms with E-state index in [-0.39, 0.29) is 64.9 Å². The molecule has 3 saturated heterocycles. The van der Waals surface area contributed by atoms with Crippen molar-refractivity contribution in [1.82, 2.24) is 24.9 Å². The molecule has 11 nitrogen and oxygen atoms in total. The lowest BCUT2D eigenvalue weighted by molar-refractivity contribution is 0.0512. The molecule has 5 heterocycles. The van der Waals surface area contributed by atoms with Crippen molar-refractivity contribution in [3.05, 3.63) is 47.7 Å². The van der Waals surface area contributed by atoms with Crippen LogP contribution in [0.25, 0.3) is 32.9 Å². The zero-order valence-corrected chi connectivity index (χ0v) is 28.6. The first-order valence-electron chi connectivity index (χ1n) is 17.2. The molecular weight excluding hydrogens is 665 g/mol. The molecule has 3 aliphatic rings. The fourth-order valence-electron chi connectivity index (χ4n) is 7.62. The van der Waals surface area contributed by atoms with Gasteiger partial charge in [0, 0.05) is 50.3 Å². The monoisotopic (exact) mass is 704 g/mol. The summed E-state index contributed by atoms with van der Waals surface area (Å²) in [6.07, 6.45) is 9.93. The van der Waals surface area contributed by atoms with Crippen LogP contribution in [0.15, 0.2) is 30.5 Å². The Morgan fingerprint density at radius 1 is 1.10 bits per heavy atom. The third-order valence-corrected chi connectivity index (χ3v) is 9.91. The van der Waals surface area contributed by atoms with Crippen LogP contribution in [0.1, 0.15) is 51.0 Å². The zero-order valence-electron chi connectivity index (χ0n) is 28.6. The minimum atomic E-state index is -0.973. The highest BCUT2D eigenvalue weighted by Crippen LogP contribution is 2.42. The van der Waals surface area contributed by atoms with Gasteiger partial charge in [-0.1, -0.05) is 12.0 Å². The summed E-state index contributed by atoms with van der Waals surface area (Å²) in [7, 11) is 1.47. The molecule has 3 aliphatic heterocycles. The van der Waals surface area contributed by atoms with Crippen LogP contribution in [-0.2, 0) is 9.47 Å². The largest absolute Gasteiger partial charge is 0.468 e. The van der Waals surface area contributed by atoms with E-state index in [0.717, 1.165) is 38.6 Å². The van der Waals surface area contributed by atoms with Crippen molar-refractivity contribution in [2.45, 2.75) is 57.2 Å². The number of carbonyl (C=O) groups excluding carboxylic acids is 1. The molecular formula is C37H39F3N6O5. The lowest BCUT2D eigenvalue weighted by atomic mass is 9.95. The second-order valence-corrected chi connectivity index (χ2v) is 13.1. The second-order valence-electron chi connectivity index (χ2n) is 13.1. The molecule has 0 spiro atoms. The van der Waals surface area contributed by atoms with Crippen molar-refractivity contribution in [2.24, 2.45) is 0 Å². The molecule has 0 saturated carbocycles. The predicted octanol–water partition coefficient (Wildman–Crippen LogP) is 6.41. The predicted molar refractivity (Wildman–Crippen MR) is 184 cm³/mol. The summed E-state index contributed by atoms with van der Waals surface area (Å²) < 4.78 is 69.3. The third-order valence-electron chi connectivity index (χ3n) is 9.91. The van der Waals surface area contributed by atoms with E-state index in [4.69, 9.17) is 30.4 Å². The number of aromatic nitrogens is 3. The van der Waals surface area contributed by atoms with Crippen molar-refractivity contribution < 1.29 is 36.9 Å². The van der Waals surface area contributed by atoms with Crippen molar-refractivity contribution in [3.63, 3.8) is 0 Å². The number of hydrazine groups is 1. The number of methoxy groups -OCH3 is 1. The number of nitrogens with zero attached hydrogens (tertiary/aromatic N) is 6. The molecule has 14 heteroatoms. The first-order valence-corrected chi connectivity index (χ1v) is 17.2. The van der Waals surface area contributed by atoms with Crippen LogP contribution in [0, 0.1) is 24.0 Å². The van der Waals surface area contributed by atoms with E-state index in [9.17, 15) is 9.18 Å².